The Kier molecular flexibility index (Phi) is 5.46. The van der Waals surface area contributed by atoms with Crippen LogP contribution in [0.2, 0.25) is 0 Å². The van der Waals surface area contributed by atoms with Gasteiger partial charge in [-0.15, -0.1) is 0 Å². The first kappa shape index (κ1) is 16.7. The molecule has 2 rings (SSSR count). The number of nitro groups is 1. The number of nitro benzene ring substituents is 1. The van der Waals surface area contributed by atoms with Gasteiger partial charge in [0.15, 0.2) is 0 Å². The zero-order chi connectivity index (χ0) is 16.8. The number of amides is 1. The van der Waals surface area contributed by atoms with Gasteiger partial charge in [0.2, 0.25) is 0 Å². The Hall–Kier alpha value is -2.69. The molecule has 0 saturated carbocycles. The van der Waals surface area contributed by atoms with Crippen LogP contribution in [-0.2, 0) is 0 Å². The van der Waals surface area contributed by atoms with Crippen molar-refractivity contribution in [3.8, 4) is 0 Å². The number of nitrogens with zero attached hydrogens (tertiary/aromatic N) is 1. The number of rotatable bonds is 6. The minimum atomic E-state index is -0.533. The summed E-state index contributed by atoms with van der Waals surface area (Å²) >= 11 is 0. The van der Waals surface area contributed by atoms with E-state index in [0.717, 1.165) is 12.0 Å². The normalized spacial score (nSPS) is 12.0. The SMILES string of the molecule is CC(C)CC(NC(=O)c1ccccc1[N+](=O)[O-])c1ccccc1. The third-order valence-electron chi connectivity index (χ3n) is 3.56. The van der Waals surface area contributed by atoms with E-state index < -0.39 is 10.8 Å². The summed E-state index contributed by atoms with van der Waals surface area (Å²) in [6.45, 7) is 4.15. The number of hydrogen-bond donors (Lipinski definition) is 1. The maximum Gasteiger partial charge on any atom is 0.282 e. The van der Waals surface area contributed by atoms with Crippen LogP contribution in [0.1, 0.15) is 42.2 Å². The lowest BCUT2D eigenvalue weighted by atomic mass is 9.96. The minimum Gasteiger partial charge on any atom is -0.345 e. The Bertz CT molecular complexity index is 684. The van der Waals surface area contributed by atoms with Crippen LogP contribution < -0.4 is 5.32 Å². The summed E-state index contributed by atoms with van der Waals surface area (Å²) in [7, 11) is 0. The van der Waals surface area contributed by atoms with Gasteiger partial charge in [-0.1, -0.05) is 56.3 Å². The molecule has 120 valence electrons. The van der Waals surface area contributed by atoms with Gasteiger partial charge in [-0.05, 0) is 24.0 Å². The van der Waals surface area contributed by atoms with E-state index in [1.165, 1.54) is 12.1 Å². The van der Waals surface area contributed by atoms with Crippen molar-refractivity contribution in [1.82, 2.24) is 5.32 Å². The fourth-order valence-electron chi connectivity index (χ4n) is 2.50. The average molecular weight is 312 g/mol. The second kappa shape index (κ2) is 7.54. The Balaban J connectivity index is 2.26. The summed E-state index contributed by atoms with van der Waals surface area (Å²) in [5.41, 5.74) is 0.900. The molecule has 0 fully saturated rings. The van der Waals surface area contributed by atoms with Gasteiger partial charge in [-0.3, -0.25) is 14.9 Å². The van der Waals surface area contributed by atoms with Gasteiger partial charge in [-0.25, -0.2) is 0 Å². The molecule has 0 aliphatic heterocycles. The van der Waals surface area contributed by atoms with Crippen molar-refractivity contribution in [1.29, 1.82) is 0 Å². The molecule has 5 heteroatoms. The molecule has 0 aliphatic carbocycles. The molecule has 1 N–H and O–H groups in total. The molecule has 1 unspecified atom stereocenters. The molecule has 0 aromatic heterocycles. The highest BCUT2D eigenvalue weighted by atomic mass is 16.6. The van der Waals surface area contributed by atoms with Crippen LogP contribution in [0, 0.1) is 16.0 Å². The van der Waals surface area contributed by atoms with E-state index in [9.17, 15) is 14.9 Å². The molecule has 2 aromatic rings. The fourth-order valence-corrected chi connectivity index (χ4v) is 2.50. The van der Waals surface area contributed by atoms with Crippen molar-refractivity contribution >= 4 is 11.6 Å². The summed E-state index contributed by atoms with van der Waals surface area (Å²) in [5.74, 6) is -0.0435. The van der Waals surface area contributed by atoms with Crippen molar-refractivity contribution in [2.24, 2.45) is 5.92 Å². The van der Waals surface area contributed by atoms with Crippen molar-refractivity contribution < 1.29 is 9.72 Å². The predicted octanol–water partition coefficient (Wildman–Crippen LogP) is 4.11. The van der Waals surface area contributed by atoms with E-state index in [0.29, 0.717) is 5.92 Å². The summed E-state index contributed by atoms with van der Waals surface area (Å²) in [6, 6.07) is 15.5. The quantitative estimate of drug-likeness (QED) is 0.644. The zero-order valence-corrected chi connectivity index (χ0v) is 13.2. The van der Waals surface area contributed by atoms with Crippen molar-refractivity contribution in [3.05, 3.63) is 75.8 Å². The fraction of sp³-hybridized carbons (Fsp3) is 0.278. The predicted molar refractivity (Wildman–Crippen MR) is 89.2 cm³/mol. The van der Waals surface area contributed by atoms with E-state index in [2.05, 4.69) is 19.2 Å². The highest BCUT2D eigenvalue weighted by molar-refractivity contribution is 5.98. The topological polar surface area (TPSA) is 72.2 Å². The van der Waals surface area contributed by atoms with Crippen LogP contribution in [0.5, 0.6) is 0 Å². The van der Waals surface area contributed by atoms with E-state index in [1.54, 1.807) is 12.1 Å². The first-order valence-electron chi connectivity index (χ1n) is 7.58. The Morgan fingerprint density at radius 2 is 1.70 bits per heavy atom. The minimum absolute atomic E-state index is 0.0854. The van der Waals surface area contributed by atoms with Gasteiger partial charge in [0.05, 0.1) is 11.0 Å². The van der Waals surface area contributed by atoms with Crippen LogP contribution in [0.4, 0.5) is 5.69 Å². The van der Waals surface area contributed by atoms with Crippen LogP contribution in [0.3, 0.4) is 0 Å². The maximum atomic E-state index is 12.5. The number of para-hydroxylation sites is 1. The standard InChI is InChI=1S/C18H20N2O3/c1-13(2)12-16(14-8-4-3-5-9-14)19-18(21)15-10-6-7-11-17(15)20(22)23/h3-11,13,16H,12H2,1-2H3,(H,19,21). The van der Waals surface area contributed by atoms with Gasteiger partial charge >= 0.3 is 0 Å². The monoisotopic (exact) mass is 312 g/mol. The van der Waals surface area contributed by atoms with E-state index in [4.69, 9.17) is 0 Å². The van der Waals surface area contributed by atoms with Gasteiger partial charge in [0.25, 0.3) is 11.6 Å². The zero-order valence-electron chi connectivity index (χ0n) is 13.2. The molecule has 0 heterocycles. The smallest absolute Gasteiger partial charge is 0.282 e. The van der Waals surface area contributed by atoms with Gasteiger partial charge in [0.1, 0.15) is 5.56 Å². The van der Waals surface area contributed by atoms with Crippen LogP contribution in [-0.4, -0.2) is 10.8 Å². The number of nitrogens with one attached hydrogen (secondary N) is 1. The third kappa shape index (κ3) is 4.39. The molecule has 0 spiro atoms. The summed E-state index contributed by atoms with van der Waals surface area (Å²) < 4.78 is 0. The van der Waals surface area contributed by atoms with Crippen molar-refractivity contribution in [2.75, 3.05) is 0 Å². The number of benzene rings is 2. The highest BCUT2D eigenvalue weighted by Crippen LogP contribution is 2.23. The molecule has 0 aliphatic rings. The highest BCUT2D eigenvalue weighted by Gasteiger charge is 2.22. The molecule has 5 nitrogen and oxygen atoms in total. The summed E-state index contributed by atoms with van der Waals surface area (Å²) in [5, 5.41) is 14.0. The Morgan fingerprint density at radius 1 is 1.09 bits per heavy atom. The third-order valence-corrected chi connectivity index (χ3v) is 3.56. The second-order valence-electron chi connectivity index (χ2n) is 5.84. The number of hydrogen-bond acceptors (Lipinski definition) is 3. The van der Waals surface area contributed by atoms with Crippen molar-refractivity contribution in [2.45, 2.75) is 26.3 Å². The van der Waals surface area contributed by atoms with Crippen molar-refractivity contribution in [3.63, 3.8) is 0 Å². The first-order valence-corrected chi connectivity index (χ1v) is 7.58. The second-order valence-corrected chi connectivity index (χ2v) is 5.84. The molecule has 1 amide bonds. The van der Waals surface area contributed by atoms with E-state index >= 15 is 0 Å². The van der Waals surface area contributed by atoms with Gasteiger partial charge in [-0.2, -0.15) is 0 Å². The Labute approximate surface area is 135 Å². The molecule has 2 aromatic carbocycles. The van der Waals surface area contributed by atoms with Gasteiger partial charge in [0, 0.05) is 6.07 Å². The summed E-state index contributed by atoms with van der Waals surface area (Å²) in [4.78, 5) is 23.1. The number of carbonyl (C=O) groups excluding carboxylic acids is 1. The first-order chi connectivity index (χ1) is 11.0. The van der Waals surface area contributed by atoms with Crippen LogP contribution in [0.15, 0.2) is 54.6 Å². The Morgan fingerprint density at radius 3 is 2.30 bits per heavy atom. The van der Waals surface area contributed by atoms with Gasteiger partial charge < -0.3 is 5.32 Å². The number of carbonyl (C=O) groups is 1. The lowest BCUT2D eigenvalue weighted by Gasteiger charge is -2.21. The lowest BCUT2D eigenvalue weighted by Crippen LogP contribution is -2.30. The average Bonchev–Trinajstić information content (AvgIpc) is 2.54. The van der Waals surface area contributed by atoms with Crippen LogP contribution >= 0.6 is 0 Å². The molecule has 1 atom stereocenters. The maximum absolute atomic E-state index is 12.5. The molecular weight excluding hydrogens is 292 g/mol. The van der Waals surface area contributed by atoms with E-state index in [1.807, 2.05) is 30.3 Å². The molecule has 0 saturated heterocycles. The van der Waals surface area contributed by atoms with E-state index in [-0.39, 0.29) is 17.3 Å². The van der Waals surface area contributed by atoms with Crippen LogP contribution in [0.25, 0.3) is 0 Å². The lowest BCUT2D eigenvalue weighted by molar-refractivity contribution is -0.385. The molecular formula is C18H20N2O3. The molecule has 0 bridgehead atoms. The summed E-state index contributed by atoms with van der Waals surface area (Å²) in [6.07, 6.45) is 0.760. The largest absolute Gasteiger partial charge is 0.345 e. The molecule has 23 heavy (non-hydrogen) atoms. The molecule has 0 radical (unpaired) electrons.